The summed E-state index contributed by atoms with van der Waals surface area (Å²) in [4.78, 5) is 23.0. The monoisotopic (exact) mass is 475 g/mol. The Kier molecular flexibility index (Phi) is 8.28. The number of carbonyl (C=O) groups excluding carboxylic acids is 1. The average molecular weight is 476 g/mol. The molecule has 176 valence electrons. The molecule has 0 spiro atoms. The molecule has 1 amide bonds. The smallest absolute Gasteiger partial charge is 0.367 e. The Balaban J connectivity index is 0.00000363. The summed E-state index contributed by atoms with van der Waals surface area (Å²) in [6, 6.07) is 4.16. The van der Waals surface area contributed by atoms with Crippen LogP contribution in [0.25, 0.3) is 0 Å². The molecule has 2 N–H and O–H groups in total. The predicted octanol–water partition coefficient (Wildman–Crippen LogP) is 4.58. The molecule has 0 bridgehead atoms. The van der Waals surface area contributed by atoms with Gasteiger partial charge in [-0.3, -0.25) is 4.79 Å². The SMILES string of the molecule is Cc1nc(NC2CCC(NC(=O)c3ccc(F)c(C(F)(F)F)c3)CC2)cc(N(C)C)n1.Cl. The van der Waals surface area contributed by atoms with Crippen LogP contribution in [0.1, 0.15) is 47.4 Å². The van der Waals surface area contributed by atoms with Crippen LogP contribution in [0, 0.1) is 12.7 Å². The number of amides is 1. The zero-order valence-electron chi connectivity index (χ0n) is 18.0. The lowest BCUT2D eigenvalue weighted by atomic mass is 9.91. The van der Waals surface area contributed by atoms with E-state index in [1.54, 1.807) is 0 Å². The highest BCUT2D eigenvalue weighted by Crippen LogP contribution is 2.32. The molecule has 0 unspecified atom stereocenters. The van der Waals surface area contributed by atoms with E-state index in [1.165, 1.54) is 0 Å². The molecule has 6 nitrogen and oxygen atoms in total. The fourth-order valence-corrected chi connectivity index (χ4v) is 3.60. The summed E-state index contributed by atoms with van der Waals surface area (Å²) in [6.07, 6.45) is -1.98. The average Bonchev–Trinajstić information content (AvgIpc) is 2.68. The summed E-state index contributed by atoms with van der Waals surface area (Å²) in [5.41, 5.74) is -1.65. The van der Waals surface area contributed by atoms with Gasteiger partial charge in [-0.25, -0.2) is 14.4 Å². The van der Waals surface area contributed by atoms with Gasteiger partial charge in [0, 0.05) is 37.8 Å². The van der Waals surface area contributed by atoms with Crippen molar-refractivity contribution < 1.29 is 22.4 Å². The van der Waals surface area contributed by atoms with Crippen molar-refractivity contribution in [2.75, 3.05) is 24.3 Å². The summed E-state index contributed by atoms with van der Waals surface area (Å²) in [6.45, 7) is 1.82. The molecule has 32 heavy (non-hydrogen) atoms. The van der Waals surface area contributed by atoms with Gasteiger partial charge in [-0.05, 0) is 50.8 Å². The number of benzene rings is 1. The van der Waals surface area contributed by atoms with Crippen LogP contribution in [-0.4, -0.2) is 42.1 Å². The Hall–Kier alpha value is -2.62. The van der Waals surface area contributed by atoms with Crippen molar-refractivity contribution in [3.05, 3.63) is 47.0 Å². The second-order valence-electron chi connectivity index (χ2n) is 7.91. The maximum Gasteiger partial charge on any atom is 0.419 e. The third kappa shape index (κ3) is 6.44. The summed E-state index contributed by atoms with van der Waals surface area (Å²) < 4.78 is 52.1. The Morgan fingerprint density at radius 3 is 2.28 bits per heavy atom. The van der Waals surface area contributed by atoms with Gasteiger partial charge < -0.3 is 15.5 Å². The summed E-state index contributed by atoms with van der Waals surface area (Å²) in [5, 5.41) is 6.16. The second-order valence-corrected chi connectivity index (χ2v) is 7.91. The van der Waals surface area contributed by atoms with E-state index >= 15 is 0 Å². The normalized spacial score (nSPS) is 18.5. The number of nitrogens with zero attached hydrogens (tertiary/aromatic N) is 3. The fraction of sp³-hybridized carbons (Fsp3) is 0.476. The molecule has 0 aliphatic heterocycles. The van der Waals surface area contributed by atoms with Crippen LogP contribution < -0.4 is 15.5 Å². The zero-order chi connectivity index (χ0) is 22.8. The molecule has 1 aliphatic rings. The number of halogens is 5. The Bertz CT molecular complexity index is 946. The molecular formula is C21H26ClF4N5O. The Morgan fingerprint density at radius 1 is 1.06 bits per heavy atom. The third-order valence-electron chi connectivity index (χ3n) is 5.23. The van der Waals surface area contributed by atoms with E-state index in [4.69, 9.17) is 0 Å². The number of hydrogen-bond donors (Lipinski definition) is 2. The minimum absolute atomic E-state index is 0. The van der Waals surface area contributed by atoms with Gasteiger partial charge in [-0.2, -0.15) is 13.2 Å². The van der Waals surface area contributed by atoms with Crippen molar-refractivity contribution in [2.45, 2.75) is 50.9 Å². The fourth-order valence-electron chi connectivity index (χ4n) is 3.60. The third-order valence-corrected chi connectivity index (χ3v) is 5.23. The lowest BCUT2D eigenvalue weighted by Crippen LogP contribution is -2.40. The van der Waals surface area contributed by atoms with Crippen LogP contribution in [0.2, 0.25) is 0 Å². The number of anilines is 2. The summed E-state index contributed by atoms with van der Waals surface area (Å²) >= 11 is 0. The minimum Gasteiger partial charge on any atom is -0.367 e. The van der Waals surface area contributed by atoms with Gasteiger partial charge in [-0.1, -0.05) is 0 Å². The van der Waals surface area contributed by atoms with Gasteiger partial charge in [0.05, 0.1) is 5.56 Å². The van der Waals surface area contributed by atoms with E-state index in [0.29, 0.717) is 30.8 Å². The largest absolute Gasteiger partial charge is 0.419 e. The minimum atomic E-state index is -4.85. The molecule has 1 aliphatic carbocycles. The topological polar surface area (TPSA) is 70.2 Å². The molecule has 0 saturated heterocycles. The van der Waals surface area contributed by atoms with E-state index < -0.39 is 23.5 Å². The summed E-state index contributed by atoms with van der Waals surface area (Å²) in [7, 11) is 3.80. The zero-order valence-corrected chi connectivity index (χ0v) is 18.8. The number of nitrogens with one attached hydrogen (secondary N) is 2. The molecule has 11 heteroatoms. The lowest BCUT2D eigenvalue weighted by Gasteiger charge is -2.30. The molecule has 1 fully saturated rings. The van der Waals surface area contributed by atoms with E-state index in [0.717, 1.165) is 30.5 Å². The second kappa shape index (κ2) is 10.3. The van der Waals surface area contributed by atoms with Gasteiger partial charge in [0.2, 0.25) is 0 Å². The molecule has 3 rings (SSSR count). The van der Waals surface area contributed by atoms with E-state index in [1.807, 2.05) is 32.0 Å². The Labute approximate surface area is 190 Å². The number of rotatable bonds is 5. The highest BCUT2D eigenvalue weighted by Gasteiger charge is 2.35. The quantitative estimate of drug-likeness (QED) is 0.619. The van der Waals surface area contributed by atoms with Crippen molar-refractivity contribution >= 4 is 29.9 Å². The predicted molar refractivity (Wildman–Crippen MR) is 117 cm³/mol. The molecule has 1 aromatic heterocycles. The van der Waals surface area contributed by atoms with Crippen molar-refractivity contribution in [2.24, 2.45) is 0 Å². The maximum atomic E-state index is 13.4. The van der Waals surface area contributed by atoms with Crippen LogP contribution in [0.3, 0.4) is 0 Å². The molecule has 2 aromatic rings. The van der Waals surface area contributed by atoms with Crippen molar-refractivity contribution in [1.82, 2.24) is 15.3 Å². The highest BCUT2D eigenvalue weighted by molar-refractivity contribution is 5.94. The van der Waals surface area contributed by atoms with Gasteiger partial charge in [-0.15, -0.1) is 12.4 Å². The highest BCUT2D eigenvalue weighted by atomic mass is 35.5. The van der Waals surface area contributed by atoms with Gasteiger partial charge in [0.1, 0.15) is 23.3 Å². The first-order chi connectivity index (χ1) is 14.5. The van der Waals surface area contributed by atoms with Crippen LogP contribution in [0.5, 0.6) is 0 Å². The first-order valence-electron chi connectivity index (χ1n) is 10.00. The standard InChI is InChI=1S/C21H25F4N5O.ClH/c1-12-26-18(11-19(27-12)30(2)3)28-14-5-7-15(8-6-14)29-20(31)13-4-9-17(22)16(10-13)21(23,24)25;/h4,9-11,14-15H,5-8H2,1-3H3,(H,29,31)(H,26,27,28);1H. The number of hydrogen-bond acceptors (Lipinski definition) is 5. The van der Waals surface area contributed by atoms with Crippen molar-refractivity contribution in [3.63, 3.8) is 0 Å². The molecule has 1 saturated carbocycles. The van der Waals surface area contributed by atoms with Crippen LogP contribution in [0.15, 0.2) is 24.3 Å². The van der Waals surface area contributed by atoms with Crippen LogP contribution in [-0.2, 0) is 6.18 Å². The molecule has 1 aromatic carbocycles. The molecule has 0 radical (unpaired) electrons. The molecule has 1 heterocycles. The summed E-state index contributed by atoms with van der Waals surface area (Å²) in [5.74, 6) is 0.160. The molecular weight excluding hydrogens is 450 g/mol. The van der Waals surface area contributed by atoms with E-state index in [-0.39, 0.29) is 30.1 Å². The van der Waals surface area contributed by atoms with E-state index in [2.05, 4.69) is 20.6 Å². The number of aryl methyl sites for hydroxylation is 1. The molecule has 0 atom stereocenters. The van der Waals surface area contributed by atoms with Crippen molar-refractivity contribution in [1.29, 1.82) is 0 Å². The number of alkyl halides is 3. The lowest BCUT2D eigenvalue weighted by molar-refractivity contribution is -0.140. The van der Waals surface area contributed by atoms with Gasteiger partial charge >= 0.3 is 6.18 Å². The Morgan fingerprint density at radius 2 is 1.69 bits per heavy atom. The van der Waals surface area contributed by atoms with Crippen LogP contribution in [0.4, 0.5) is 29.2 Å². The van der Waals surface area contributed by atoms with Crippen molar-refractivity contribution in [3.8, 4) is 0 Å². The van der Waals surface area contributed by atoms with Gasteiger partial charge in [0.15, 0.2) is 0 Å². The maximum absolute atomic E-state index is 13.4. The number of aromatic nitrogens is 2. The first-order valence-corrected chi connectivity index (χ1v) is 10.00. The van der Waals surface area contributed by atoms with E-state index in [9.17, 15) is 22.4 Å². The number of carbonyl (C=O) groups is 1. The first kappa shape index (κ1) is 25.6. The van der Waals surface area contributed by atoms with Crippen LogP contribution >= 0.6 is 12.4 Å². The van der Waals surface area contributed by atoms with Gasteiger partial charge in [0.25, 0.3) is 5.91 Å².